The number of hydrogen-bond acceptors (Lipinski definition) is 5. The highest BCUT2D eigenvalue weighted by atomic mass is 16.5. The molecule has 0 aliphatic heterocycles. The summed E-state index contributed by atoms with van der Waals surface area (Å²) in [5.74, 6) is 2.12. The van der Waals surface area contributed by atoms with Gasteiger partial charge in [-0.3, -0.25) is 0 Å². The van der Waals surface area contributed by atoms with E-state index in [0.29, 0.717) is 23.5 Å². The van der Waals surface area contributed by atoms with E-state index in [4.69, 9.17) is 18.6 Å². The van der Waals surface area contributed by atoms with Crippen molar-refractivity contribution in [2.75, 3.05) is 14.2 Å². The van der Waals surface area contributed by atoms with Crippen molar-refractivity contribution in [2.45, 2.75) is 13.5 Å². The fourth-order valence-corrected chi connectivity index (χ4v) is 3.50. The first-order chi connectivity index (χ1) is 14.6. The molecule has 0 saturated carbocycles. The maximum Gasteiger partial charge on any atom is 0.344 e. The van der Waals surface area contributed by atoms with Crippen LogP contribution in [0.1, 0.15) is 11.1 Å². The van der Waals surface area contributed by atoms with E-state index < -0.39 is 0 Å². The summed E-state index contributed by atoms with van der Waals surface area (Å²) in [6, 6.07) is 20.6. The first-order valence-electron chi connectivity index (χ1n) is 9.57. The first-order valence-corrected chi connectivity index (χ1v) is 9.57. The Morgan fingerprint density at radius 3 is 2.33 bits per heavy atom. The van der Waals surface area contributed by atoms with Gasteiger partial charge < -0.3 is 18.6 Å². The fraction of sp³-hybridized carbons (Fsp3) is 0.160. The van der Waals surface area contributed by atoms with E-state index in [1.165, 1.54) is 0 Å². The number of ether oxygens (including phenoxy) is 3. The molecule has 4 aromatic rings. The van der Waals surface area contributed by atoms with Crippen LogP contribution in [0.15, 0.2) is 75.9 Å². The molecule has 152 valence electrons. The van der Waals surface area contributed by atoms with Gasteiger partial charge in [-0.2, -0.15) is 0 Å². The van der Waals surface area contributed by atoms with E-state index in [-0.39, 0.29) is 5.63 Å². The molecule has 0 saturated heterocycles. The fourth-order valence-electron chi connectivity index (χ4n) is 3.50. The Labute approximate surface area is 174 Å². The molecule has 4 rings (SSSR count). The maximum absolute atomic E-state index is 12.7. The third kappa shape index (κ3) is 3.74. The van der Waals surface area contributed by atoms with Crippen LogP contribution >= 0.6 is 0 Å². The number of hydrogen-bond donors (Lipinski definition) is 0. The quantitative estimate of drug-likeness (QED) is 0.406. The molecule has 0 amide bonds. The van der Waals surface area contributed by atoms with E-state index in [0.717, 1.165) is 33.6 Å². The maximum atomic E-state index is 12.7. The van der Waals surface area contributed by atoms with Crippen LogP contribution < -0.4 is 19.8 Å². The lowest BCUT2D eigenvalue weighted by atomic mass is 9.99. The van der Waals surface area contributed by atoms with E-state index in [2.05, 4.69) is 0 Å². The van der Waals surface area contributed by atoms with Gasteiger partial charge in [0.15, 0.2) is 0 Å². The van der Waals surface area contributed by atoms with Crippen LogP contribution in [-0.2, 0) is 6.61 Å². The van der Waals surface area contributed by atoms with Crippen LogP contribution in [0.25, 0.3) is 22.1 Å². The number of methoxy groups -OCH3 is 2. The van der Waals surface area contributed by atoms with Gasteiger partial charge in [0.05, 0.1) is 19.8 Å². The molecule has 30 heavy (non-hydrogen) atoms. The van der Waals surface area contributed by atoms with Crippen molar-refractivity contribution in [3.05, 3.63) is 88.3 Å². The van der Waals surface area contributed by atoms with Crippen molar-refractivity contribution >= 4 is 11.0 Å². The van der Waals surface area contributed by atoms with Crippen LogP contribution in [0.4, 0.5) is 0 Å². The lowest BCUT2D eigenvalue weighted by Crippen LogP contribution is -2.06. The first kappa shape index (κ1) is 19.6. The summed E-state index contributed by atoms with van der Waals surface area (Å²) in [5.41, 5.74) is 3.25. The minimum atomic E-state index is -0.382. The largest absolute Gasteiger partial charge is 0.497 e. The Kier molecular flexibility index (Phi) is 5.44. The summed E-state index contributed by atoms with van der Waals surface area (Å²) in [7, 11) is 3.24. The molecular formula is C25H22O5. The smallest absolute Gasteiger partial charge is 0.344 e. The molecule has 0 radical (unpaired) electrons. The van der Waals surface area contributed by atoms with Gasteiger partial charge in [-0.15, -0.1) is 0 Å². The minimum absolute atomic E-state index is 0.350. The van der Waals surface area contributed by atoms with Crippen molar-refractivity contribution in [3.8, 4) is 28.4 Å². The van der Waals surface area contributed by atoms with Gasteiger partial charge in [0.1, 0.15) is 29.4 Å². The molecule has 0 aliphatic carbocycles. The molecule has 0 bridgehead atoms. The topological polar surface area (TPSA) is 57.9 Å². The predicted octanol–water partition coefficient (Wildman–Crippen LogP) is 5.36. The number of benzene rings is 3. The zero-order valence-corrected chi connectivity index (χ0v) is 17.1. The number of fused-ring (bicyclic) bond motifs is 1. The minimum Gasteiger partial charge on any atom is -0.497 e. The normalized spacial score (nSPS) is 10.8. The summed E-state index contributed by atoms with van der Waals surface area (Å²) in [6.07, 6.45) is 0. The van der Waals surface area contributed by atoms with Crippen LogP contribution in [0.3, 0.4) is 0 Å². The van der Waals surface area contributed by atoms with Crippen molar-refractivity contribution in [2.24, 2.45) is 0 Å². The van der Waals surface area contributed by atoms with Gasteiger partial charge in [0.25, 0.3) is 0 Å². The molecular weight excluding hydrogens is 380 g/mol. The SMILES string of the molecule is COc1ccc(-c2c(C)c3ccc(OCc4ccccc4OC)cc3oc2=O)cc1. The second-order valence-corrected chi connectivity index (χ2v) is 6.88. The number of rotatable bonds is 6. The van der Waals surface area contributed by atoms with E-state index in [9.17, 15) is 4.79 Å². The van der Waals surface area contributed by atoms with Crippen molar-refractivity contribution < 1.29 is 18.6 Å². The summed E-state index contributed by atoms with van der Waals surface area (Å²) in [6.45, 7) is 2.27. The van der Waals surface area contributed by atoms with E-state index >= 15 is 0 Å². The van der Waals surface area contributed by atoms with Crippen LogP contribution in [0.2, 0.25) is 0 Å². The predicted molar refractivity (Wildman–Crippen MR) is 117 cm³/mol. The van der Waals surface area contributed by atoms with Gasteiger partial charge in [-0.1, -0.05) is 30.3 Å². The highest BCUT2D eigenvalue weighted by molar-refractivity contribution is 5.87. The summed E-state index contributed by atoms with van der Waals surface area (Å²) in [5, 5.41) is 0.866. The second-order valence-electron chi connectivity index (χ2n) is 6.88. The van der Waals surface area contributed by atoms with Gasteiger partial charge >= 0.3 is 5.63 Å². The summed E-state index contributed by atoms with van der Waals surface area (Å²) >= 11 is 0. The molecule has 3 aromatic carbocycles. The van der Waals surface area contributed by atoms with E-state index in [1.807, 2.05) is 67.6 Å². The Hall–Kier alpha value is -3.73. The lowest BCUT2D eigenvalue weighted by Gasteiger charge is -2.12. The molecule has 0 unspecified atom stereocenters. The van der Waals surface area contributed by atoms with Gasteiger partial charge in [-0.25, -0.2) is 4.79 Å². The highest BCUT2D eigenvalue weighted by Gasteiger charge is 2.14. The highest BCUT2D eigenvalue weighted by Crippen LogP contribution is 2.30. The molecule has 0 fully saturated rings. The Morgan fingerprint density at radius 1 is 0.867 bits per heavy atom. The molecule has 0 N–H and O–H groups in total. The second kappa shape index (κ2) is 8.33. The van der Waals surface area contributed by atoms with E-state index in [1.54, 1.807) is 20.3 Å². The zero-order valence-electron chi connectivity index (χ0n) is 17.1. The standard InChI is InChI=1S/C25H22O5/c1-16-21-13-12-20(29-15-18-6-4-5-7-22(18)28-3)14-23(21)30-25(26)24(16)17-8-10-19(27-2)11-9-17/h4-14H,15H2,1-3H3. The van der Waals surface area contributed by atoms with Crippen molar-refractivity contribution in [3.63, 3.8) is 0 Å². The summed E-state index contributed by atoms with van der Waals surface area (Å²) < 4.78 is 22.1. The van der Waals surface area contributed by atoms with Gasteiger partial charge in [-0.05, 0) is 48.4 Å². The lowest BCUT2D eigenvalue weighted by molar-refractivity contribution is 0.296. The van der Waals surface area contributed by atoms with Gasteiger partial charge in [0.2, 0.25) is 0 Å². The third-order valence-electron chi connectivity index (χ3n) is 5.10. The molecule has 1 aromatic heterocycles. The average Bonchev–Trinajstić information content (AvgIpc) is 2.78. The Bertz CT molecular complexity index is 1240. The molecule has 5 nitrogen and oxygen atoms in total. The summed E-state index contributed by atoms with van der Waals surface area (Å²) in [4.78, 5) is 12.7. The van der Waals surface area contributed by atoms with Crippen molar-refractivity contribution in [1.82, 2.24) is 0 Å². The van der Waals surface area contributed by atoms with Crippen LogP contribution in [0, 0.1) is 6.92 Å². The Balaban J connectivity index is 1.66. The average molecular weight is 402 g/mol. The molecule has 0 atom stereocenters. The monoisotopic (exact) mass is 402 g/mol. The van der Waals surface area contributed by atoms with Crippen LogP contribution in [0.5, 0.6) is 17.2 Å². The third-order valence-corrected chi connectivity index (χ3v) is 5.10. The van der Waals surface area contributed by atoms with Gasteiger partial charge in [0, 0.05) is 17.0 Å². The molecule has 1 heterocycles. The molecule has 0 spiro atoms. The van der Waals surface area contributed by atoms with Crippen LogP contribution in [-0.4, -0.2) is 14.2 Å². The Morgan fingerprint density at radius 2 is 1.60 bits per heavy atom. The molecule has 5 heteroatoms. The number of para-hydroxylation sites is 1. The zero-order chi connectivity index (χ0) is 21.1. The van der Waals surface area contributed by atoms with Crippen molar-refractivity contribution in [1.29, 1.82) is 0 Å². The molecule has 0 aliphatic rings. The number of aryl methyl sites for hydroxylation is 1.